The highest BCUT2D eigenvalue weighted by molar-refractivity contribution is 5.96. The Balaban J connectivity index is 1.08. The zero-order valence-corrected chi connectivity index (χ0v) is 22.9. The summed E-state index contributed by atoms with van der Waals surface area (Å²) < 4.78 is 36.4. The van der Waals surface area contributed by atoms with Crippen LogP contribution in [-0.2, 0) is 12.8 Å². The lowest BCUT2D eigenvalue weighted by Gasteiger charge is -2.42. The second-order valence-electron chi connectivity index (χ2n) is 10.8. The highest BCUT2D eigenvalue weighted by Crippen LogP contribution is 2.30. The van der Waals surface area contributed by atoms with Crippen LogP contribution in [0.15, 0.2) is 60.8 Å². The number of Topliss-reactive ketones (excluding diaryl/α,β-unsaturated/α-hetero) is 1. The second kappa shape index (κ2) is 10.9. The number of ketones is 1. The molecule has 4 aromatic rings. The van der Waals surface area contributed by atoms with Crippen molar-refractivity contribution in [2.75, 3.05) is 29.4 Å². The summed E-state index contributed by atoms with van der Waals surface area (Å²) in [7, 11) is 0. The number of carbonyl (C=O) groups excluding carboxylic acids is 1. The van der Waals surface area contributed by atoms with Gasteiger partial charge < -0.3 is 14.5 Å². The first kappa shape index (κ1) is 26.3. The van der Waals surface area contributed by atoms with E-state index in [1.165, 1.54) is 18.3 Å². The van der Waals surface area contributed by atoms with E-state index in [9.17, 15) is 9.18 Å². The fourth-order valence-corrected chi connectivity index (χ4v) is 5.60. The predicted octanol–water partition coefficient (Wildman–Crippen LogP) is 6.25. The number of aromatic nitrogens is 2. The minimum Gasteiger partial charge on any atom is -0.490 e. The SMILES string of the molecule is CCc1nc2cc(F)ccn2c1C(=O)CCc1ccc(N2CCN(c3ccc(OC4CC4)cc3)[C@@H](C)C2)c(F)c1. The summed E-state index contributed by atoms with van der Waals surface area (Å²) in [5.41, 5.74) is 4.06. The summed E-state index contributed by atoms with van der Waals surface area (Å²) >= 11 is 0. The number of anilines is 2. The van der Waals surface area contributed by atoms with E-state index in [4.69, 9.17) is 4.74 Å². The highest BCUT2D eigenvalue weighted by Gasteiger charge is 2.27. The quantitative estimate of drug-likeness (QED) is 0.233. The minimum atomic E-state index is -0.390. The van der Waals surface area contributed by atoms with Gasteiger partial charge in [-0.3, -0.25) is 9.20 Å². The third kappa shape index (κ3) is 5.40. The number of hydrogen-bond donors (Lipinski definition) is 0. The van der Waals surface area contributed by atoms with Crippen molar-refractivity contribution in [1.29, 1.82) is 0 Å². The molecule has 1 saturated heterocycles. The first-order chi connectivity index (χ1) is 19.4. The Bertz CT molecular complexity index is 1530. The minimum absolute atomic E-state index is 0.0856. The topological polar surface area (TPSA) is 50.1 Å². The second-order valence-corrected chi connectivity index (χ2v) is 10.8. The van der Waals surface area contributed by atoms with Crippen LogP contribution in [0.2, 0.25) is 0 Å². The number of fused-ring (bicyclic) bond motifs is 1. The van der Waals surface area contributed by atoms with Crippen molar-refractivity contribution >= 4 is 22.8 Å². The lowest BCUT2D eigenvalue weighted by atomic mass is 10.0. The Morgan fingerprint density at radius 3 is 2.55 bits per heavy atom. The van der Waals surface area contributed by atoms with Gasteiger partial charge in [0.05, 0.1) is 17.5 Å². The van der Waals surface area contributed by atoms with E-state index in [1.54, 1.807) is 10.5 Å². The van der Waals surface area contributed by atoms with Crippen LogP contribution in [0.25, 0.3) is 5.65 Å². The smallest absolute Gasteiger partial charge is 0.181 e. The molecule has 40 heavy (non-hydrogen) atoms. The van der Waals surface area contributed by atoms with Crippen LogP contribution in [-0.4, -0.2) is 46.9 Å². The number of rotatable bonds is 9. The van der Waals surface area contributed by atoms with Gasteiger partial charge in [0, 0.05) is 50.0 Å². The molecule has 2 aromatic carbocycles. The molecule has 0 spiro atoms. The molecule has 0 radical (unpaired) electrons. The molecule has 0 N–H and O–H groups in total. The van der Waals surface area contributed by atoms with Gasteiger partial charge in [-0.1, -0.05) is 13.0 Å². The summed E-state index contributed by atoms with van der Waals surface area (Å²) in [4.78, 5) is 22.0. The fourth-order valence-electron chi connectivity index (χ4n) is 5.60. The Kier molecular flexibility index (Phi) is 7.17. The Morgan fingerprint density at radius 1 is 1.05 bits per heavy atom. The van der Waals surface area contributed by atoms with Gasteiger partial charge >= 0.3 is 0 Å². The molecule has 1 aliphatic heterocycles. The Labute approximate surface area is 233 Å². The molecule has 2 fully saturated rings. The number of halogens is 2. The number of piperazine rings is 1. The third-order valence-corrected chi connectivity index (χ3v) is 7.88. The standard InChI is InChI=1S/C32H34F2N4O2/c1-3-28-32(38-15-14-23(33)19-31(38)35-28)30(39)13-5-22-4-12-29(27(34)18-22)36-16-17-37(21(2)20-36)24-6-8-25(9-7-24)40-26-10-11-26/h4,6-9,12,14-15,18-19,21,26H,3,5,10-11,13,16-17,20H2,1-2H3/t21-/m0/s1. The van der Waals surface area contributed by atoms with Crippen molar-refractivity contribution in [2.24, 2.45) is 0 Å². The molecule has 2 aliphatic rings. The number of ether oxygens (including phenoxy) is 1. The molecule has 3 heterocycles. The van der Waals surface area contributed by atoms with E-state index >= 15 is 4.39 Å². The van der Waals surface area contributed by atoms with Crippen molar-refractivity contribution in [1.82, 2.24) is 9.38 Å². The number of hydrogen-bond acceptors (Lipinski definition) is 5. The van der Waals surface area contributed by atoms with Gasteiger partial charge in [0.15, 0.2) is 5.78 Å². The van der Waals surface area contributed by atoms with Crippen molar-refractivity contribution in [2.45, 2.75) is 58.1 Å². The molecule has 208 valence electrons. The van der Waals surface area contributed by atoms with E-state index in [-0.39, 0.29) is 24.1 Å². The first-order valence-electron chi connectivity index (χ1n) is 14.2. The largest absolute Gasteiger partial charge is 0.490 e. The fraction of sp³-hybridized carbons (Fsp3) is 0.375. The monoisotopic (exact) mass is 544 g/mol. The number of nitrogens with zero attached hydrogens (tertiary/aromatic N) is 4. The van der Waals surface area contributed by atoms with Gasteiger partial charge in [-0.05, 0) is 80.6 Å². The maximum Gasteiger partial charge on any atom is 0.181 e. The maximum atomic E-state index is 15.3. The zero-order valence-electron chi connectivity index (χ0n) is 22.9. The van der Waals surface area contributed by atoms with Gasteiger partial charge in [0.25, 0.3) is 0 Å². The summed E-state index contributed by atoms with van der Waals surface area (Å²) in [5, 5.41) is 0. The number of imidazole rings is 1. The summed E-state index contributed by atoms with van der Waals surface area (Å²) in [6.07, 6.45) is 5.41. The molecule has 1 atom stereocenters. The van der Waals surface area contributed by atoms with Gasteiger partial charge in [-0.25, -0.2) is 13.8 Å². The third-order valence-electron chi connectivity index (χ3n) is 7.88. The van der Waals surface area contributed by atoms with Crippen molar-refractivity contribution < 1.29 is 18.3 Å². The molecular weight excluding hydrogens is 510 g/mol. The number of aryl methyl sites for hydroxylation is 2. The molecule has 1 aliphatic carbocycles. The number of benzene rings is 2. The molecular formula is C32H34F2N4O2. The van der Waals surface area contributed by atoms with Gasteiger partial charge in [-0.2, -0.15) is 0 Å². The van der Waals surface area contributed by atoms with Gasteiger partial charge in [-0.15, -0.1) is 0 Å². The van der Waals surface area contributed by atoms with Crippen molar-refractivity contribution in [3.63, 3.8) is 0 Å². The summed E-state index contributed by atoms with van der Waals surface area (Å²) in [5.74, 6) is 0.170. The van der Waals surface area contributed by atoms with E-state index in [0.717, 1.165) is 36.4 Å². The Morgan fingerprint density at radius 2 is 1.85 bits per heavy atom. The van der Waals surface area contributed by atoms with Gasteiger partial charge in [0.1, 0.15) is 28.7 Å². The maximum absolute atomic E-state index is 15.3. The van der Waals surface area contributed by atoms with E-state index in [0.29, 0.717) is 54.8 Å². The Hall–Kier alpha value is -3.94. The predicted molar refractivity (Wildman–Crippen MR) is 153 cm³/mol. The first-order valence-corrected chi connectivity index (χ1v) is 14.2. The summed E-state index contributed by atoms with van der Waals surface area (Å²) in [6, 6.07) is 16.4. The molecule has 8 heteroatoms. The van der Waals surface area contributed by atoms with Crippen LogP contribution in [0.5, 0.6) is 5.75 Å². The average molecular weight is 545 g/mol. The molecule has 0 unspecified atom stereocenters. The van der Waals surface area contributed by atoms with E-state index in [2.05, 4.69) is 33.8 Å². The van der Waals surface area contributed by atoms with Crippen molar-refractivity contribution in [3.8, 4) is 5.75 Å². The van der Waals surface area contributed by atoms with Crippen LogP contribution in [0, 0.1) is 11.6 Å². The molecule has 1 saturated carbocycles. The molecule has 6 rings (SSSR count). The van der Waals surface area contributed by atoms with E-state index in [1.807, 2.05) is 31.2 Å². The van der Waals surface area contributed by atoms with E-state index < -0.39 is 5.82 Å². The molecule has 0 bridgehead atoms. The zero-order chi connectivity index (χ0) is 27.8. The van der Waals surface area contributed by atoms with Gasteiger partial charge in [0.2, 0.25) is 0 Å². The normalized spacial score (nSPS) is 17.4. The lowest BCUT2D eigenvalue weighted by molar-refractivity contribution is 0.0976. The molecule has 6 nitrogen and oxygen atoms in total. The average Bonchev–Trinajstić information content (AvgIpc) is 3.69. The number of pyridine rings is 1. The van der Waals surface area contributed by atoms with Crippen LogP contribution < -0.4 is 14.5 Å². The van der Waals surface area contributed by atoms with Crippen LogP contribution in [0.1, 0.15) is 54.9 Å². The number of carbonyl (C=O) groups is 1. The van der Waals surface area contributed by atoms with Crippen LogP contribution >= 0.6 is 0 Å². The molecule has 2 aromatic heterocycles. The summed E-state index contributed by atoms with van der Waals surface area (Å²) in [6.45, 7) is 6.31. The van der Waals surface area contributed by atoms with Crippen LogP contribution in [0.4, 0.5) is 20.2 Å². The van der Waals surface area contributed by atoms with Crippen LogP contribution in [0.3, 0.4) is 0 Å². The molecule has 0 amide bonds. The highest BCUT2D eigenvalue weighted by atomic mass is 19.1. The lowest BCUT2D eigenvalue weighted by Crippen LogP contribution is -2.52. The van der Waals surface area contributed by atoms with Crippen molar-refractivity contribution in [3.05, 3.63) is 89.4 Å².